The Hall–Kier alpha value is -1.88. The predicted octanol–water partition coefficient (Wildman–Crippen LogP) is 2.81. The fourth-order valence-corrected chi connectivity index (χ4v) is 2.56. The number of rotatable bonds is 9. The summed E-state index contributed by atoms with van der Waals surface area (Å²) in [6.07, 6.45) is 0.872. The second-order valence-electron chi connectivity index (χ2n) is 5.74. The van der Waals surface area contributed by atoms with E-state index in [2.05, 4.69) is 22.3 Å². The molecule has 0 aliphatic rings. The molecule has 0 aromatic heterocycles. The smallest absolute Gasteiger partial charge is 0.234 e. The molecule has 0 saturated carbocycles. The van der Waals surface area contributed by atoms with Crippen LogP contribution in [0.5, 0.6) is 0 Å². The van der Waals surface area contributed by atoms with Gasteiger partial charge in [-0.3, -0.25) is 9.69 Å². The number of nitrogens with one attached hydrogen (secondary N) is 1. The molecule has 1 amide bonds. The van der Waals surface area contributed by atoms with Crippen LogP contribution in [-0.2, 0) is 17.9 Å². The molecule has 0 spiro atoms. The van der Waals surface area contributed by atoms with Gasteiger partial charge in [0.15, 0.2) is 0 Å². The largest absolute Gasteiger partial charge is 0.351 e. The lowest BCUT2D eigenvalue weighted by Gasteiger charge is -2.21. The first-order valence-electron chi connectivity index (χ1n) is 8.15. The average Bonchev–Trinajstić information content (AvgIpc) is 2.60. The predicted molar refractivity (Wildman–Crippen MR) is 98.7 cm³/mol. The molecule has 0 bridgehead atoms. The molecule has 4 nitrogen and oxygen atoms in total. The summed E-state index contributed by atoms with van der Waals surface area (Å²) in [6, 6.07) is 17.6. The van der Waals surface area contributed by atoms with Gasteiger partial charge < -0.3 is 11.1 Å². The molecule has 0 atom stereocenters. The van der Waals surface area contributed by atoms with Crippen LogP contribution in [0.1, 0.15) is 17.5 Å². The minimum Gasteiger partial charge on any atom is -0.351 e. The zero-order valence-corrected chi connectivity index (χ0v) is 14.5. The number of carbonyl (C=O) groups excluding carboxylic acids is 1. The van der Waals surface area contributed by atoms with Crippen LogP contribution in [0.3, 0.4) is 0 Å². The van der Waals surface area contributed by atoms with Crippen LogP contribution in [0.4, 0.5) is 0 Å². The lowest BCUT2D eigenvalue weighted by atomic mass is 10.2. The monoisotopic (exact) mass is 345 g/mol. The molecule has 0 radical (unpaired) electrons. The van der Waals surface area contributed by atoms with Gasteiger partial charge in [-0.1, -0.05) is 54.1 Å². The van der Waals surface area contributed by atoms with Crippen molar-refractivity contribution in [2.75, 3.05) is 19.6 Å². The molecule has 0 aliphatic heterocycles. The van der Waals surface area contributed by atoms with E-state index in [9.17, 15) is 4.79 Å². The molecule has 2 aromatic rings. The van der Waals surface area contributed by atoms with Crippen molar-refractivity contribution in [1.29, 1.82) is 0 Å². The Bertz CT molecular complexity index is 616. The summed E-state index contributed by atoms with van der Waals surface area (Å²) in [5, 5.41) is 3.65. The summed E-state index contributed by atoms with van der Waals surface area (Å²) in [4.78, 5) is 14.4. The van der Waals surface area contributed by atoms with Crippen LogP contribution in [-0.4, -0.2) is 30.4 Å². The highest BCUT2D eigenvalue weighted by atomic mass is 35.5. The zero-order chi connectivity index (χ0) is 17.2. The number of hydrogen-bond donors (Lipinski definition) is 2. The lowest BCUT2D eigenvalue weighted by Crippen LogP contribution is -2.37. The minimum absolute atomic E-state index is 0.0119. The second-order valence-corrected chi connectivity index (χ2v) is 6.18. The van der Waals surface area contributed by atoms with Crippen LogP contribution < -0.4 is 11.1 Å². The standard InChI is InChI=1S/C19H24ClN3O/c20-18-9-7-16(8-10-18)13-22-19(24)15-23(12-4-11-21)14-17-5-2-1-3-6-17/h1-3,5-10H,4,11-15,21H2,(H,22,24). The summed E-state index contributed by atoms with van der Waals surface area (Å²) < 4.78 is 0. The molecule has 0 saturated heterocycles. The molecule has 0 fully saturated rings. The first-order valence-corrected chi connectivity index (χ1v) is 8.52. The van der Waals surface area contributed by atoms with E-state index >= 15 is 0 Å². The third-order valence-corrected chi connectivity index (χ3v) is 3.95. The van der Waals surface area contributed by atoms with E-state index in [4.69, 9.17) is 17.3 Å². The van der Waals surface area contributed by atoms with E-state index in [1.165, 1.54) is 5.56 Å². The highest BCUT2D eigenvalue weighted by Gasteiger charge is 2.11. The third-order valence-electron chi connectivity index (χ3n) is 3.70. The van der Waals surface area contributed by atoms with Crippen LogP contribution in [0.2, 0.25) is 5.02 Å². The SMILES string of the molecule is NCCCN(CC(=O)NCc1ccc(Cl)cc1)Cc1ccccc1. The lowest BCUT2D eigenvalue weighted by molar-refractivity contribution is -0.122. The molecule has 0 unspecified atom stereocenters. The molecule has 0 aliphatic carbocycles. The number of benzene rings is 2. The molecule has 0 heterocycles. The zero-order valence-electron chi connectivity index (χ0n) is 13.7. The van der Waals surface area contributed by atoms with Crippen molar-refractivity contribution in [1.82, 2.24) is 10.2 Å². The molecule has 128 valence electrons. The van der Waals surface area contributed by atoms with Gasteiger partial charge in [-0.2, -0.15) is 0 Å². The molecule has 24 heavy (non-hydrogen) atoms. The van der Waals surface area contributed by atoms with E-state index in [0.29, 0.717) is 24.7 Å². The number of nitrogens with zero attached hydrogens (tertiary/aromatic N) is 1. The van der Waals surface area contributed by atoms with Crippen LogP contribution in [0.15, 0.2) is 54.6 Å². The number of carbonyl (C=O) groups is 1. The molecule has 2 aromatic carbocycles. The molecule has 2 rings (SSSR count). The first kappa shape index (κ1) is 18.5. The molecular formula is C19H24ClN3O. The van der Waals surface area contributed by atoms with Gasteiger partial charge in [0.2, 0.25) is 5.91 Å². The Morgan fingerprint density at radius 1 is 1.04 bits per heavy atom. The van der Waals surface area contributed by atoms with Gasteiger partial charge >= 0.3 is 0 Å². The van der Waals surface area contributed by atoms with E-state index in [1.54, 1.807) is 0 Å². The molecule has 3 N–H and O–H groups in total. The first-order chi connectivity index (χ1) is 11.7. The highest BCUT2D eigenvalue weighted by Crippen LogP contribution is 2.09. The summed E-state index contributed by atoms with van der Waals surface area (Å²) in [5.74, 6) is 0.0119. The Labute approximate surface area is 148 Å². The molecular weight excluding hydrogens is 322 g/mol. The Kier molecular flexibility index (Phi) is 7.75. The summed E-state index contributed by atoms with van der Waals surface area (Å²) in [7, 11) is 0. The van der Waals surface area contributed by atoms with Crippen LogP contribution >= 0.6 is 11.6 Å². The van der Waals surface area contributed by atoms with Gasteiger partial charge in [0.05, 0.1) is 6.54 Å². The van der Waals surface area contributed by atoms with E-state index in [1.807, 2.05) is 42.5 Å². The maximum atomic E-state index is 12.2. The van der Waals surface area contributed by atoms with Gasteiger partial charge in [0.25, 0.3) is 0 Å². The van der Waals surface area contributed by atoms with Gasteiger partial charge in [0.1, 0.15) is 0 Å². The minimum atomic E-state index is 0.0119. The Morgan fingerprint density at radius 3 is 2.42 bits per heavy atom. The van der Waals surface area contributed by atoms with Crippen LogP contribution in [0.25, 0.3) is 0 Å². The fraction of sp³-hybridized carbons (Fsp3) is 0.316. The van der Waals surface area contributed by atoms with Crippen molar-refractivity contribution in [3.63, 3.8) is 0 Å². The van der Waals surface area contributed by atoms with E-state index < -0.39 is 0 Å². The van der Waals surface area contributed by atoms with Crippen LogP contribution in [0, 0.1) is 0 Å². The van der Waals surface area contributed by atoms with Crippen molar-refractivity contribution >= 4 is 17.5 Å². The fourth-order valence-electron chi connectivity index (χ4n) is 2.43. The Morgan fingerprint density at radius 2 is 1.75 bits per heavy atom. The van der Waals surface area contributed by atoms with Crippen molar-refractivity contribution in [2.45, 2.75) is 19.5 Å². The number of nitrogens with two attached hydrogens (primary N) is 1. The van der Waals surface area contributed by atoms with Crippen molar-refractivity contribution in [3.8, 4) is 0 Å². The molecule has 5 heteroatoms. The van der Waals surface area contributed by atoms with Gasteiger partial charge in [-0.15, -0.1) is 0 Å². The maximum Gasteiger partial charge on any atom is 0.234 e. The van der Waals surface area contributed by atoms with Crippen molar-refractivity contribution in [3.05, 3.63) is 70.7 Å². The normalized spacial score (nSPS) is 10.8. The second kappa shape index (κ2) is 10.1. The van der Waals surface area contributed by atoms with Gasteiger partial charge in [0, 0.05) is 24.7 Å². The number of halogens is 1. The van der Waals surface area contributed by atoms with Crippen molar-refractivity contribution in [2.24, 2.45) is 5.73 Å². The summed E-state index contributed by atoms with van der Waals surface area (Å²) >= 11 is 5.86. The van der Waals surface area contributed by atoms with E-state index in [-0.39, 0.29) is 5.91 Å². The number of amides is 1. The van der Waals surface area contributed by atoms with Gasteiger partial charge in [-0.25, -0.2) is 0 Å². The number of hydrogen-bond acceptors (Lipinski definition) is 3. The maximum absolute atomic E-state index is 12.2. The van der Waals surface area contributed by atoms with E-state index in [0.717, 1.165) is 25.1 Å². The van der Waals surface area contributed by atoms with Gasteiger partial charge in [-0.05, 0) is 36.2 Å². The quantitative estimate of drug-likeness (QED) is 0.734. The topological polar surface area (TPSA) is 58.4 Å². The highest BCUT2D eigenvalue weighted by molar-refractivity contribution is 6.30. The summed E-state index contributed by atoms with van der Waals surface area (Å²) in [5.41, 5.74) is 7.84. The third kappa shape index (κ3) is 6.71. The van der Waals surface area contributed by atoms with Crippen molar-refractivity contribution < 1.29 is 4.79 Å². The average molecular weight is 346 g/mol. The summed E-state index contributed by atoms with van der Waals surface area (Å²) in [6.45, 7) is 3.04. The Balaban J connectivity index is 1.85.